The second kappa shape index (κ2) is 10.9. The predicted octanol–water partition coefficient (Wildman–Crippen LogP) is 6.31. The van der Waals surface area contributed by atoms with E-state index in [0.717, 1.165) is 0 Å². The third-order valence-corrected chi connectivity index (χ3v) is 7.40. The number of aromatic nitrogens is 1. The van der Waals surface area contributed by atoms with Crippen molar-refractivity contribution in [2.75, 3.05) is 29.6 Å². The number of hydrogen-bond donors (Lipinski definition) is 1. The largest absolute Gasteiger partial charge is 0.442 e. The first-order valence-corrected chi connectivity index (χ1v) is 14.0. The Kier molecular flexibility index (Phi) is 8.48. The summed E-state index contributed by atoms with van der Waals surface area (Å²) in [4.78, 5) is 31.7. The van der Waals surface area contributed by atoms with Gasteiger partial charge in [0.2, 0.25) is 5.92 Å². The van der Waals surface area contributed by atoms with E-state index in [4.69, 9.17) is 16.3 Å². The fourth-order valence-electron chi connectivity index (χ4n) is 3.88. The Balaban J connectivity index is 1.90. The normalized spacial score (nSPS) is 17.4. The molecule has 8 nitrogen and oxygen atoms in total. The number of carbonyl (C=O) groups excluding carboxylic acids is 2. The maximum absolute atomic E-state index is 13.9. The van der Waals surface area contributed by atoms with Gasteiger partial charge in [0, 0.05) is 42.8 Å². The van der Waals surface area contributed by atoms with Crippen LogP contribution in [0, 0.1) is 6.92 Å². The lowest BCUT2D eigenvalue weighted by Crippen LogP contribution is -2.30. The molecule has 2 aromatic rings. The van der Waals surface area contributed by atoms with Gasteiger partial charge in [-0.2, -0.15) is 0 Å². The van der Waals surface area contributed by atoms with Crippen molar-refractivity contribution in [3.8, 4) is 0 Å². The molecule has 0 radical (unpaired) electrons. The number of ether oxygens (including phenoxy) is 1. The van der Waals surface area contributed by atoms with Crippen LogP contribution in [-0.4, -0.2) is 52.1 Å². The van der Waals surface area contributed by atoms with Crippen molar-refractivity contribution < 1.29 is 27.3 Å². The van der Waals surface area contributed by atoms with Gasteiger partial charge in [-0.05, 0) is 63.9 Å². The molecule has 0 spiro atoms. The maximum Gasteiger partial charge on any atom is 0.442 e. The monoisotopic (exact) mass is 556 g/mol. The fourth-order valence-corrected chi connectivity index (χ4v) is 5.23. The van der Waals surface area contributed by atoms with Gasteiger partial charge in [0.05, 0.1) is 15.3 Å². The zero-order chi connectivity index (χ0) is 27.6. The van der Waals surface area contributed by atoms with Crippen LogP contribution in [0.3, 0.4) is 0 Å². The van der Waals surface area contributed by atoms with Gasteiger partial charge < -0.3 is 15.0 Å². The van der Waals surface area contributed by atoms with Crippen molar-refractivity contribution in [2.45, 2.75) is 63.4 Å². The third-order valence-electron chi connectivity index (χ3n) is 5.58. The van der Waals surface area contributed by atoms with Crippen LogP contribution in [0.25, 0.3) is 0 Å². The number of amides is 2. The van der Waals surface area contributed by atoms with Crippen LogP contribution in [0.15, 0.2) is 39.6 Å². The summed E-state index contributed by atoms with van der Waals surface area (Å²) in [5.74, 6) is -3.07. The van der Waals surface area contributed by atoms with Gasteiger partial charge in [-0.15, -0.1) is 4.36 Å². The summed E-state index contributed by atoms with van der Waals surface area (Å²) in [6, 6.07) is 7.68. The highest BCUT2D eigenvalue weighted by atomic mass is 35.5. The molecule has 0 bridgehead atoms. The van der Waals surface area contributed by atoms with Crippen molar-refractivity contribution >= 4 is 44.8 Å². The van der Waals surface area contributed by atoms with Crippen LogP contribution in [0.5, 0.6) is 0 Å². The summed E-state index contributed by atoms with van der Waals surface area (Å²) in [5, 5.41) is 2.90. The zero-order valence-corrected chi connectivity index (χ0v) is 23.0. The molecule has 1 aromatic carbocycles. The standard InChI is InChI=1S/C25H31ClF2N4O4S/c1-16-14-19(26)30-21(32-12-7-10-25(27,28)11-13-32)20(16)22(33)29-17-8-6-9-18(15-17)37(5,35)31-23(34)36-24(2,3)4/h6,8-9,14-15H,7,10-13H2,1-5H3,(H,29,33)/t37-/m1/s1. The molecule has 1 aliphatic rings. The maximum atomic E-state index is 13.9. The number of carbonyl (C=O) groups is 2. The molecule has 0 unspecified atom stereocenters. The van der Waals surface area contributed by atoms with E-state index in [1.54, 1.807) is 44.7 Å². The van der Waals surface area contributed by atoms with Gasteiger partial charge in [-0.1, -0.05) is 17.7 Å². The van der Waals surface area contributed by atoms with Crippen LogP contribution in [0.1, 0.15) is 56.0 Å². The third kappa shape index (κ3) is 7.85. The summed E-state index contributed by atoms with van der Waals surface area (Å²) >= 11 is 6.16. The summed E-state index contributed by atoms with van der Waals surface area (Å²) < 4.78 is 49.9. The van der Waals surface area contributed by atoms with Crippen LogP contribution in [-0.2, 0) is 14.5 Å². The molecular weight excluding hydrogens is 526 g/mol. The lowest BCUT2D eigenvalue weighted by molar-refractivity contribution is -0.0102. The Morgan fingerprint density at radius 2 is 1.92 bits per heavy atom. The Morgan fingerprint density at radius 3 is 2.59 bits per heavy atom. The van der Waals surface area contributed by atoms with E-state index in [0.29, 0.717) is 17.8 Å². The average Bonchev–Trinajstić information content (AvgIpc) is 2.91. The molecule has 0 aliphatic carbocycles. The summed E-state index contributed by atoms with van der Waals surface area (Å²) in [5.41, 5.74) is 0.242. The second-order valence-corrected chi connectivity index (χ2v) is 12.7. The van der Waals surface area contributed by atoms with E-state index in [1.165, 1.54) is 24.5 Å². The van der Waals surface area contributed by atoms with Crippen LogP contribution in [0.4, 0.5) is 25.1 Å². The molecule has 1 fully saturated rings. The number of benzene rings is 1. The number of nitrogens with one attached hydrogen (secondary N) is 1. The lowest BCUT2D eigenvalue weighted by Gasteiger charge is -2.25. The van der Waals surface area contributed by atoms with Gasteiger partial charge in [0.15, 0.2) is 0 Å². The molecule has 1 N–H and O–H groups in total. The molecule has 1 aromatic heterocycles. The van der Waals surface area contributed by atoms with Crippen LogP contribution in [0.2, 0.25) is 5.15 Å². The highest BCUT2D eigenvalue weighted by Crippen LogP contribution is 2.32. The molecule has 1 saturated heterocycles. The van der Waals surface area contributed by atoms with Crippen molar-refractivity contribution in [3.63, 3.8) is 0 Å². The molecular formula is C25H31ClF2N4O4S. The lowest BCUT2D eigenvalue weighted by atomic mass is 10.1. The number of hydrogen-bond acceptors (Lipinski definition) is 6. The van der Waals surface area contributed by atoms with Gasteiger partial charge in [-0.25, -0.2) is 22.8 Å². The zero-order valence-electron chi connectivity index (χ0n) is 21.4. The van der Waals surface area contributed by atoms with Crippen molar-refractivity contribution in [1.29, 1.82) is 0 Å². The number of alkyl halides is 2. The van der Waals surface area contributed by atoms with Crippen molar-refractivity contribution in [1.82, 2.24) is 4.98 Å². The Morgan fingerprint density at radius 1 is 1.22 bits per heavy atom. The number of nitrogens with zero attached hydrogens (tertiary/aromatic N) is 3. The molecule has 2 heterocycles. The Labute approximate surface area is 220 Å². The second-order valence-electron chi connectivity index (χ2n) is 10.0. The van der Waals surface area contributed by atoms with E-state index in [2.05, 4.69) is 14.7 Å². The van der Waals surface area contributed by atoms with E-state index in [-0.39, 0.29) is 47.2 Å². The Bertz CT molecular complexity index is 1320. The van der Waals surface area contributed by atoms with Gasteiger partial charge in [0.1, 0.15) is 16.6 Å². The topological polar surface area (TPSA) is 101 Å². The minimum atomic E-state index is -3.17. The molecule has 2 amide bonds. The van der Waals surface area contributed by atoms with Crippen molar-refractivity contribution in [3.05, 3.63) is 46.6 Å². The highest BCUT2D eigenvalue weighted by Gasteiger charge is 2.33. The minimum Gasteiger partial charge on any atom is -0.442 e. The van der Waals surface area contributed by atoms with Crippen molar-refractivity contribution in [2.24, 2.45) is 4.36 Å². The predicted molar refractivity (Wildman–Crippen MR) is 140 cm³/mol. The number of halogens is 3. The van der Waals surface area contributed by atoms with E-state index in [1.807, 2.05) is 0 Å². The van der Waals surface area contributed by atoms with E-state index in [9.17, 15) is 22.6 Å². The number of anilines is 2. The fraction of sp³-hybridized carbons (Fsp3) is 0.480. The van der Waals surface area contributed by atoms with Gasteiger partial charge in [-0.3, -0.25) is 4.79 Å². The molecule has 202 valence electrons. The smallest absolute Gasteiger partial charge is 0.442 e. The van der Waals surface area contributed by atoms with Crippen LogP contribution < -0.4 is 10.2 Å². The molecule has 1 atom stereocenters. The first-order chi connectivity index (χ1) is 17.1. The number of pyridine rings is 1. The first kappa shape index (κ1) is 28.8. The number of aryl methyl sites for hydroxylation is 1. The summed E-state index contributed by atoms with van der Waals surface area (Å²) in [6.07, 6.45) is 0.00962. The van der Waals surface area contributed by atoms with Gasteiger partial charge >= 0.3 is 6.09 Å². The quantitative estimate of drug-likeness (QED) is 0.443. The average molecular weight is 557 g/mol. The SMILES string of the molecule is Cc1cc(Cl)nc(N2CCCC(F)(F)CC2)c1C(=O)Nc1cccc([S@@](C)(=O)=NC(=O)OC(C)(C)C)c1. The highest BCUT2D eigenvalue weighted by molar-refractivity contribution is 7.93. The minimum absolute atomic E-state index is 0.0274. The van der Waals surface area contributed by atoms with E-state index >= 15 is 0 Å². The first-order valence-electron chi connectivity index (χ1n) is 11.7. The molecule has 0 saturated carbocycles. The molecule has 1 aliphatic heterocycles. The van der Waals surface area contributed by atoms with E-state index < -0.39 is 33.3 Å². The summed E-state index contributed by atoms with van der Waals surface area (Å²) in [6.45, 7) is 7.04. The number of rotatable bonds is 4. The molecule has 12 heteroatoms. The van der Waals surface area contributed by atoms with Crippen LogP contribution >= 0.6 is 11.6 Å². The molecule has 37 heavy (non-hydrogen) atoms. The van der Waals surface area contributed by atoms with Gasteiger partial charge in [0.25, 0.3) is 5.91 Å². The molecule has 3 rings (SSSR count). The summed E-state index contributed by atoms with van der Waals surface area (Å²) in [7, 11) is -3.17. The Hall–Kier alpha value is -2.79.